The molecule has 0 aromatic heterocycles. The number of ether oxygens (including phenoxy) is 1. The summed E-state index contributed by atoms with van der Waals surface area (Å²) in [6, 6.07) is 0. The summed E-state index contributed by atoms with van der Waals surface area (Å²) in [5, 5.41) is 10.3. The highest BCUT2D eigenvalue weighted by Gasteiger charge is 2.31. The number of hydrogen-bond donors (Lipinski definition) is 3. The van der Waals surface area contributed by atoms with E-state index in [0.717, 1.165) is 12.8 Å². The average Bonchev–Trinajstić information content (AvgIpc) is 2.25. The smallest absolute Gasteiger partial charge is 0.217 e. The molecule has 6 nitrogen and oxygen atoms in total. The highest BCUT2D eigenvalue weighted by atomic mass is 16.5. The molecule has 2 amide bonds. The van der Waals surface area contributed by atoms with Crippen LogP contribution in [0.5, 0.6) is 0 Å². The van der Waals surface area contributed by atoms with Gasteiger partial charge in [-0.15, -0.1) is 0 Å². The van der Waals surface area contributed by atoms with Gasteiger partial charge in [-0.25, -0.2) is 0 Å². The van der Waals surface area contributed by atoms with E-state index >= 15 is 0 Å². The van der Waals surface area contributed by atoms with Gasteiger partial charge in [-0.1, -0.05) is 6.92 Å². The average molecular weight is 286 g/mol. The number of rotatable bonds is 7. The van der Waals surface area contributed by atoms with Crippen molar-refractivity contribution in [1.29, 1.82) is 0 Å². The Morgan fingerprint density at radius 3 is 2.20 bits per heavy atom. The number of nitrogens with two attached hydrogens (primary N) is 2. The quantitative estimate of drug-likeness (QED) is 0.624. The molecule has 116 valence electrons. The summed E-state index contributed by atoms with van der Waals surface area (Å²) in [6.45, 7) is 4.11. The molecule has 0 aromatic carbocycles. The van der Waals surface area contributed by atoms with E-state index in [9.17, 15) is 14.7 Å². The summed E-state index contributed by atoms with van der Waals surface area (Å²) < 4.78 is 5.75. The molecular weight excluding hydrogens is 260 g/mol. The Labute approximate surface area is 119 Å². The molecule has 4 unspecified atom stereocenters. The summed E-state index contributed by atoms with van der Waals surface area (Å²) in [4.78, 5) is 22.0. The van der Waals surface area contributed by atoms with Crippen LogP contribution >= 0.6 is 0 Å². The molecule has 5 N–H and O–H groups in total. The first-order valence-corrected chi connectivity index (χ1v) is 7.18. The molecule has 1 aliphatic heterocycles. The monoisotopic (exact) mass is 286 g/mol. The number of carbonyl (C=O) groups excluding carboxylic acids is 2. The van der Waals surface area contributed by atoms with E-state index in [2.05, 4.69) is 6.92 Å². The van der Waals surface area contributed by atoms with Crippen molar-refractivity contribution in [2.24, 2.45) is 23.3 Å². The maximum absolute atomic E-state index is 11.0. The van der Waals surface area contributed by atoms with Crippen LogP contribution in [-0.4, -0.2) is 35.2 Å². The molecule has 0 bridgehead atoms. The Balaban J connectivity index is 2.57. The van der Waals surface area contributed by atoms with Crippen molar-refractivity contribution in [3.8, 4) is 0 Å². The van der Waals surface area contributed by atoms with Gasteiger partial charge in [0.15, 0.2) is 0 Å². The highest BCUT2D eigenvalue weighted by molar-refractivity contribution is 5.77. The van der Waals surface area contributed by atoms with E-state index < -0.39 is 17.9 Å². The van der Waals surface area contributed by atoms with Gasteiger partial charge < -0.3 is 21.3 Å². The highest BCUT2D eigenvalue weighted by Crippen LogP contribution is 2.29. The molecule has 1 heterocycles. The second-order valence-electron chi connectivity index (χ2n) is 6.07. The molecule has 6 heteroatoms. The third kappa shape index (κ3) is 5.88. The summed E-state index contributed by atoms with van der Waals surface area (Å²) in [5.74, 6) is -0.815. The van der Waals surface area contributed by atoms with Gasteiger partial charge in [0.25, 0.3) is 0 Å². The van der Waals surface area contributed by atoms with Crippen LogP contribution in [-0.2, 0) is 14.3 Å². The van der Waals surface area contributed by atoms with Crippen molar-refractivity contribution >= 4 is 11.8 Å². The van der Waals surface area contributed by atoms with E-state index in [4.69, 9.17) is 16.2 Å². The second kappa shape index (κ2) is 7.59. The number of carbonyl (C=O) groups is 2. The predicted octanol–water partition coefficient (Wildman–Crippen LogP) is 0.308. The van der Waals surface area contributed by atoms with Crippen molar-refractivity contribution < 1.29 is 19.4 Å². The number of aliphatic hydroxyl groups is 1. The molecular formula is C14H26N2O4. The fourth-order valence-corrected chi connectivity index (χ4v) is 3.02. The van der Waals surface area contributed by atoms with Gasteiger partial charge in [0.05, 0.1) is 18.3 Å². The standard InChI is InChI=1S/C14H26N2O4/c1-8-3-9(2)20-12(4-8)11(17)5-10(6-13(15)18)7-14(16)19/h8-12,17H,3-7H2,1-2H3,(H2,15,18)(H2,16,19). The topological polar surface area (TPSA) is 116 Å². The van der Waals surface area contributed by atoms with E-state index in [1.54, 1.807) is 0 Å². The van der Waals surface area contributed by atoms with Crippen LogP contribution in [0, 0.1) is 11.8 Å². The fraction of sp³-hybridized carbons (Fsp3) is 0.857. The van der Waals surface area contributed by atoms with Crippen LogP contribution in [0.2, 0.25) is 0 Å². The summed E-state index contributed by atoms with van der Waals surface area (Å²) in [6.07, 6.45) is 1.33. The number of aliphatic hydroxyl groups excluding tert-OH is 1. The Morgan fingerprint density at radius 1 is 1.20 bits per heavy atom. The maximum atomic E-state index is 11.0. The molecule has 20 heavy (non-hydrogen) atoms. The van der Waals surface area contributed by atoms with Crippen LogP contribution < -0.4 is 11.5 Å². The molecule has 4 atom stereocenters. The molecule has 0 spiro atoms. The molecule has 1 aliphatic rings. The minimum absolute atomic E-state index is 0.0534. The van der Waals surface area contributed by atoms with Crippen molar-refractivity contribution in [2.45, 2.75) is 64.3 Å². The largest absolute Gasteiger partial charge is 0.390 e. The van der Waals surface area contributed by atoms with Crippen molar-refractivity contribution in [3.05, 3.63) is 0 Å². The molecule has 0 radical (unpaired) electrons. The van der Waals surface area contributed by atoms with Crippen LogP contribution in [0.15, 0.2) is 0 Å². The second-order valence-corrected chi connectivity index (χ2v) is 6.07. The molecule has 1 rings (SSSR count). The van der Waals surface area contributed by atoms with Gasteiger partial charge in [-0.2, -0.15) is 0 Å². The Kier molecular flexibility index (Phi) is 6.42. The van der Waals surface area contributed by atoms with Crippen molar-refractivity contribution in [3.63, 3.8) is 0 Å². The van der Waals surface area contributed by atoms with Gasteiger partial charge in [0.2, 0.25) is 11.8 Å². The Hall–Kier alpha value is -1.14. The number of amides is 2. The number of hydrogen-bond acceptors (Lipinski definition) is 4. The molecule has 1 saturated heterocycles. The lowest BCUT2D eigenvalue weighted by molar-refractivity contribution is -0.126. The van der Waals surface area contributed by atoms with Gasteiger partial charge in [-0.3, -0.25) is 9.59 Å². The normalized spacial score (nSPS) is 28.3. The lowest BCUT2D eigenvalue weighted by atomic mass is 9.86. The molecule has 0 saturated carbocycles. The van der Waals surface area contributed by atoms with E-state index in [1.165, 1.54) is 0 Å². The molecule has 0 aliphatic carbocycles. The van der Waals surface area contributed by atoms with E-state index in [-0.39, 0.29) is 31.0 Å². The first-order valence-electron chi connectivity index (χ1n) is 7.18. The van der Waals surface area contributed by atoms with Crippen molar-refractivity contribution in [2.75, 3.05) is 0 Å². The predicted molar refractivity (Wildman–Crippen MR) is 74.5 cm³/mol. The van der Waals surface area contributed by atoms with Crippen LogP contribution in [0.4, 0.5) is 0 Å². The lowest BCUT2D eigenvalue weighted by Crippen LogP contribution is -2.40. The van der Waals surface area contributed by atoms with Gasteiger partial charge in [0.1, 0.15) is 0 Å². The zero-order valence-corrected chi connectivity index (χ0v) is 12.2. The van der Waals surface area contributed by atoms with Gasteiger partial charge in [-0.05, 0) is 38.0 Å². The first-order chi connectivity index (χ1) is 9.27. The summed E-state index contributed by atoms with van der Waals surface area (Å²) in [5.41, 5.74) is 10.3. The summed E-state index contributed by atoms with van der Waals surface area (Å²) in [7, 11) is 0. The fourth-order valence-electron chi connectivity index (χ4n) is 3.02. The minimum atomic E-state index is -0.705. The number of primary amides is 2. The molecule has 0 aromatic rings. The van der Waals surface area contributed by atoms with Gasteiger partial charge in [0, 0.05) is 12.8 Å². The van der Waals surface area contributed by atoms with Crippen LogP contribution in [0.3, 0.4) is 0 Å². The zero-order valence-electron chi connectivity index (χ0n) is 12.2. The van der Waals surface area contributed by atoms with E-state index in [1.807, 2.05) is 6.92 Å². The van der Waals surface area contributed by atoms with Crippen LogP contribution in [0.25, 0.3) is 0 Å². The Morgan fingerprint density at radius 2 is 1.75 bits per heavy atom. The third-order valence-corrected chi connectivity index (χ3v) is 3.76. The zero-order chi connectivity index (χ0) is 15.3. The SMILES string of the molecule is CC1CC(C)OC(C(O)CC(CC(N)=O)CC(N)=O)C1. The Bertz CT molecular complexity index is 322. The maximum Gasteiger partial charge on any atom is 0.217 e. The first kappa shape index (κ1) is 16.9. The van der Waals surface area contributed by atoms with Crippen LogP contribution in [0.1, 0.15) is 46.0 Å². The minimum Gasteiger partial charge on any atom is -0.390 e. The third-order valence-electron chi connectivity index (χ3n) is 3.76. The van der Waals surface area contributed by atoms with Crippen molar-refractivity contribution in [1.82, 2.24) is 0 Å². The van der Waals surface area contributed by atoms with E-state index in [0.29, 0.717) is 12.3 Å². The molecule has 1 fully saturated rings. The lowest BCUT2D eigenvalue weighted by Gasteiger charge is -2.35. The summed E-state index contributed by atoms with van der Waals surface area (Å²) >= 11 is 0. The van der Waals surface area contributed by atoms with Gasteiger partial charge >= 0.3 is 0 Å².